The SMILES string of the molecule is CN1Cc2c(ncnc2-c2ccc(CNC(=O)OC(C)(C)C)cc2)NC1=O. The molecule has 1 aliphatic rings. The number of hydrogen-bond donors (Lipinski definition) is 2. The number of nitrogens with zero attached hydrogens (tertiary/aromatic N) is 3. The summed E-state index contributed by atoms with van der Waals surface area (Å²) in [5, 5.41) is 5.49. The van der Waals surface area contributed by atoms with Crippen LogP contribution < -0.4 is 10.6 Å². The molecule has 0 radical (unpaired) electrons. The Bertz CT molecular complexity index is 859. The summed E-state index contributed by atoms with van der Waals surface area (Å²) in [4.78, 5) is 33.6. The Morgan fingerprint density at radius 1 is 1.26 bits per heavy atom. The molecule has 0 spiro atoms. The average Bonchev–Trinajstić information content (AvgIpc) is 2.60. The summed E-state index contributed by atoms with van der Waals surface area (Å²) in [7, 11) is 1.72. The summed E-state index contributed by atoms with van der Waals surface area (Å²) in [5.41, 5.74) is 2.98. The lowest BCUT2D eigenvalue weighted by molar-refractivity contribution is 0.0523. The number of carbonyl (C=O) groups excluding carboxylic acids is 2. The van der Waals surface area contributed by atoms with Crippen LogP contribution in [0.2, 0.25) is 0 Å². The average molecular weight is 369 g/mol. The first-order valence-electron chi connectivity index (χ1n) is 8.65. The molecule has 1 aromatic carbocycles. The second-order valence-corrected chi connectivity index (χ2v) is 7.39. The van der Waals surface area contributed by atoms with E-state index in [2.05, 4.69) is 20.6 Å². The van der Waals surface area contributed by atoms with E-state index in [0.717, 1.165) is 22.4 Å². The highest BCUT2D eigenvalue weighted by Crippen LogP contribution is 2.29. The number of fused-ring (bicyclic) bond motifs is 1. The summed E-state index contributed by atoms with van der Waals surface area (Å²) < 4.78 is 5.23. The largest absolute Gasteiger partial charge is 0.444 e. The number of amides is 3. The van der Waals surface area contributed by atoms with Crippen molar-refractivity contribution >= 4 is 17.9 Å². The second-order valence-electron chi connectivity index (χ2n) is 7.39. The molecule has 0 saturated carbocycles. The highest BCUT2D eigenvalue weighted by Gasteiger charge is 2.24. The maximum atomic E-state index is 11.8. The summed E-state index contributed by atoms with van der Waals surface area (Å²) in [6.45, 7) is 6.28. The van der Waals surface area contributed by atoms with Crippen LogP contribution in [-0.4, -0.2) is 39.6 Å². The highest BCUT2D eigenvalue weighted by atomic mass is 16.6. The Morgan fingerprint density at radius 2 is 1.96 bits per heavy atom. The molecule has 0 saturated heterocycles. The molecule has 27 heavy (non-hydrogen) atoms. The molecule has 2 aromatic rings. The van der Waals surface area contributed by atoms with Gasteiger partial charge in [0.1, 0.15) is 17.7 Å². The number of benzene rings is 1. The lowest BCUT2D eigenvalue weighted by atomic mass is 10.0. The first kappa shape index (κ1) is 18.6. The molecular formula is C19H23N5O3. The molecule has 0 bridgehead atoms. The van der Waals surface area contributed by atoms with E-state index in [0.29, 0.717) is 18.9 Å². The highest BCUT2D eigenvalue weighted by molar-refractivity contribution is 5.92. The van der Waals surface area contributed by atoms with Gasteiger partial charge < -0.3 is 15.0 Å². The van der Waals surface area contributed by atoms with Crippen LogP contribution in [-0.2, 0) is 17.8 Å². The standard InChI is InChI=1S/C19H23N5O3/c1-19(2,3)27-18(26)20-9-12-5-7-13(8-6-12)15-14-10-24(4)17(25)23-16(14)22-11-21-15/h5-8,11H,9-10H2,1-4H3,(H,20,26)(H,21,22,23,25). The molecule has 0 unspecified atom stereocenters. The number of alkyl carbamates (subject to hydrolysis) is 1. The molecule has 8 heteroatoms. The molecule has 0 atom stereocenters. The summed E-state index contributed by atoms with van der Waals surface area (Å²) in [6, 6.07) is 7.53. The Morgan fingerprint density at radius 3 is 2.63 bits per heavy atom. The fourth-order valence-electron chi connectivity index (χ4n) is 2.69. The molecule has 0 fully saturated rings. The minimum atomic E-state index is -0.525. The van der Waals surface area contributed by atoms with Crippen molar-refractivity contribution in [3.8, 4) is 11.3 Å². The molecule has 142 valence electrons. The van der Waals surface area contributed by atoms with Crippen molar-refractivity contribution in [2.75, 3.05) is 12.4 Å². The number of rotatable bonds is 3. The van der Waals surface area contributed by atoms with Gasteiger partial charge in [-0.05, 0) is 26.3 Å². The Balaban J connectivity index is 1.72. The molecule has 1 aliphatic heterocycles. The van der Waals surface area contributed by atoms with Crippen LogP contribution in [0.5, 0.6) is 0 Å². The van der Waals surface area contributed by atoms with Crippen molar-refractivity contribution < 1.29 is 14.3 Å². The predicted octanol–water partition coefficient (Wildman–Crippen LogP) is 3.15. The molecule has 1 aromatic heterocycles. The lowest BCUT2D eigenvalue weighted by Crippen LogP contribution is -2.36. The third kappa shape index (κ3) is 4.52. The van der Waals surface area contributed by atoms with Gasteiger partial charge in [-0.15, -0.1) is 0 Å². The fourth-order valence-corrected chi connectivity index (χ4v) is 2.69. The van der Waals surface area contributed by atoms with E-state index in [-0.39, 0.29) is 6.03 Å². The van der Waals surface area contributed by atoms with Crippen molar-refractivity contribution in [3.63, 3.8) is 0 Å². The van der Waals surface area contributed by atoms with Gasteiger partial charge in [-0.2, -0.15) is 0 Å². The van der Waals surface area contributed by atoms with Gasteiger partial charge in [0.05, 0.1) is 12.2 Å². The smallest absolute Gasteiger partial charge is 0.407 e. The van der Waals surface area contributed by atoms with Crippen LogP contribution in [0.3, 0.4) is 0 Å². The topological polar surface area (TPSA) is 96.5 Å². The molecular weight excluding hydrogens is 346 g/mol. The van der Waals surface area contributed by atoms with Crippen molar-refractivity contribution in [3.05, 3.63) is 41.7 Å². The van der Waals surface area contributed by atoms with E-state index in [9.17, 15) is 9.59 Å². The predicted molar refractivity (Wildman–Crippen MR) is 101 cm³/mol. The number of carbonyl (C=O) groups is 2. The molecule has 2 N–H and O–H groups in total. The van der Waals surface area contributed by atoms with Crippen molar-refractivity contribution in [2.24, 2.45) is 0 Å². The van der Waals surface area contributed by atoms with Gasteiger partial charge in [0.25, 0.3) is 0 Å². The summed E-state index contributed by atoms with van der Waals surface area (Å²) in [5.74, 6) is 0.541. The van der Waals surface area contributed by atoms with Gasteiger partial charge in [0.15, 0.2) is 0 Å². The quantitative estimate of drug-likeness (QED) is 0.866. The van der Waals surface area contributed by atoms with E-state index in [1.54, 1.807) is 11.9 Å². The second kappa shape index (κ2) is 7.22. The third-order valence-corrected chi connectivity index (χ3v) is 3.98. The Kier molecular flexibility index (Phi) is 4.98. The van der Waals surface area contributed by atoms with Crippen molar-refractivity contribution in [1.29, 1.82) is 0 Å². The first-order chi connectivity index (χ1) is 12.7. The van der Waals surface area contributed by atoms with Gasteiger partial charge in [0, 0.05) is 24.7 Å². The van der Waals surface area contributed by atoms with Gasteiger partial charge in [-0.1, -0.05) is 24.3 Å². The molecule has 2 heterocycles. The van der Waals surface area contributed by atoms with Crippen molar-refractivity contribution in [2.45, 2.75) is 39.5 Å². The van der Waals surface area contributed by atoms with Crippen LogP contribution in [0.15, 0.2) is 30.6 Å². The zero-order valence-electron chi connectivity index (χ0n) is 15.9. The zero-order chi connectivity index (χ0) is 19.6. The van der Waals surface area contributed by atoms with Crippen LogP contribution in [0, 0.1) is 0 Å². The number of nitrogens with one attached hydrogen (secondary N) is 2. The van der Waals surface area contributed by atoms with E-state index < -0.39 is 11.7 Å². The van der Waals surface area contributed by atoms with Gasteiger partial charge in [0.2, 0.25) is 0 Å². The van der Waals surface area contributed by atoms with Crippen molar-refractivity contribution in [1.82, 2.24) is 20.2 Å². The monoisotopic (exact) mass is 369 g/mol. The number of aromatic nitrogens is 2. The van der Waals surface area contributed by atoms with Crippen LogP contribution in [0.1, 0.15) is 31.9 Å². The van der Waals surface area contributed by atoms with E-state index >= 15 is 0 Å². The van der Waals surface area contributed by atoms with E-state index in [4.69, 9.17) is 4.74 Å². The maximum absolute atomic E-state index is 11.8. The molecule has 0 aliphatic carbocycles. The van der Waals surface area contributed by atoms with Crippen LogP contribution in [0.4, 0.5) is 15.4 Å². The van der Waals surface area contributed by atoms with Crippen LogP contribution in [0.25, 0.3) is 11.3 Å². The molecule has 3 amide bonds. The normalized spacial score (nSPS) is 13.6. The number of ether oxygens (including phenoxy) is 1. The summed E-state index contributed by atoms with van der Waals surface area (Å²) >= 11 is 0. The summed E-state index contributed by atoms with van der Waals surface area (Å²) in [6.07, 6.45) is 0.993. The first-order valence-corrected chi connectivity index (χ1v) is 8.65. The van der Waals surface area contributed by atoms with Gasteiger partial charge >= 0.3 is 12.1 Å². The van der Waals surface area contributed by atoms with E-state index in [1.165, 1.54) is 6.33 Å². The van der Waals surface area contributed by atoms with Gasteiger partial charge in [-0.25, -0.2) is 19.6 Å². The number of anilines is 1. The zero-order valence-corrected chi connectivity index (χ0v) is 15.9. The fraction of sp³-hybridized carbons (Fsp3) is 0.368. The number of hydrogen-bond acceptors (Lipinski definition) is 5. The molecule has 8 nitrogen and oxygen atoms in total. The van der Waals surface area contributed by atoms with Gasteiger partial charge in [-0.3, -0.25) is 5.32 Å². The Hall–Kier alpha value is -3.16. The van der Waals surface area contributed by atoms with Crippen LogP contribution >= 0.6 is 0 Å². The van der Waals surface area contributed by atoms with E-state index in [1.807, 2.05) is 45.0 Å². The Labute approximate surface area is 158 Å². The maximum Gasteiger partial charge on any atom is 0.407 e. The number of urea groups is 1. The minimum absolute atomic E-state index is 0.185. The molecule has 3 rings (SSSR count). The lowest BCUT2D eigenvalue weighted by Gasteiger charge is -2.26. The minimum Gasteiger partial charge on any atom is -0.444 e. The third-order valence-electron chi connectivity index (χ3n) is 3.98.